The Bertz CT molecular complexity index is 1050. The van der Waals surface area contributed by atoms with Gasteiger partial charge in [0.1, 0.15) is 11.6 Å². The molecule has 0 aliphatic carbocycles. The SMILES string of the molecule is CC(=O)N1CCCC(c2cc(Nc3cc(C(F)(F)F)ccn3)nc(N3CCOC(C)(C)C3)n2)C1. The van der Waals surface area contributed by atoms with Crippen LogP contribution in [0.2, 0.25) is 0 Å². The molecule has 8 nitrogen and oxygen atoms in total. The highest BCUT2D eigenvalue weighted by Crippen LogP contribution is 2.32. The zero-order chi connectivity index (χ0) is 24.5. The molecule has 2 aromatic heterocycles. The summed E-state index contributed by atoms with van der Waals surface area (Å²) in [6.07, 6.45) is -1.65. The van der Waals surface area contributed by atoms with Gasteiger partial charge in [-0.25, -0.2) is 9.97 Å². The molecule has 2 aromatic rings. The van der Waals surface area contributed by atoms with Gasteiger partial charge >= 0.3 is 6.18 Å². The predicted octanol–water partition coefficient (Wildman–Crippen LogP) is 3.98. The lowest BCUT2D eigenvalue weighted by Gasteiger charge is -2.38. The van der Waals surface area contributed by atoms with E-state index in [1.165, 1.54) is 0 Å². The molecule has 0 spiro atoms. The highest BCUT2D eigenvalue weighted by molar-refractivity contribution is 5.73. The fourth-order valence-electron chi connectivity index (χ4n) is 4.37. The van der Waals surface area contributed by atoms with E-state index in [4.69, 9.17) is 9.72 Å². The van der Waals surface area contributed by atoms with Crippen molar-refractivity contribution in [3.63, 3.8) is 0 Å². The predicted molar refractivity (Wildman–Crippen MR) is 121 cm³/mol. The van der Waals surface area contributed by atoms with E-state index in [1.807, 2.05) is 18.7 Å². The van der Waals surface area contributed by atoms with Gasteiger partial charge in [0.2, 0.25) is 11.9 Å². The first-order chi connectivity index (χ1) is 16.0. The van der Waals surface area contributed by atoms with Crippen LogP contribution in [0.5, 0.6) is 0 Å². The van der Waals surface area contributed by atoms with Gasteiger partial charge in [0, 0.05) is 51.3 Å². The Morgan fingerprint density at radius 2 is 2.00 bits per heavy atom. The second-order valence-electron chi connectivity index (χ2n) is 9.36. The summed E-state index contributed by atoms with van der Waals surface area (Å²) in [5.41, 5.74) is -0.433. The van der Waals surface area contributed by atoms with Crippen molar-refractivity contribution in [3.05, 3.63) is 35.7 Å². The normalized spacial score (nSPS) is 20.8. The third-order valence-electron chi connectivity index (χ3n) is 6.07. The first kappa shape index (κ1) is 24.2. The van der Waals surface area contributed by atoms with Crippen molar-refractivity contribution < 1.29 is 22.7 Å². The molecule has 2 saturated heterocycles. The van der Waals surface area contributed by atoms with Gasteiger partial charge in [0.25, 0.3) is 0 Å². The van der Waals surface area contributed by atoms with Gasteiger partial charge < -0.3 is 19.9 Å². The molecule has 2 aliphatic heterocycles. The molecular weight excluding hydrogens is 449 g/mol. The largest absolute Gasteiger partial charge is 0.416 e. The number of amides is 1. The number of morpholine rings is 1. The number of hydrogen-bond donors (Lipinski definition) is 1. The number of pyridine rings is 1. The molecular formula is C23H29F3N6O2. The van der Waals surface area contributed by atoms with Crippen molar-refractivity contribution in [1.82, 2.24) is 19.9 Å². The highest BCUT2D eigenvalue weighted by atomic mass is 19.4. The Balaban J connectivity index is 1.68. The number of carbonyl (C=O) groups excluding carboxylic acids is 1. The molecule has 2 fully saturated rings. The minimum atomic E-state index is -4.47. The standard InChI is InChI=1S/C23H29F3N6O2/c1-15(33)31-8-4-5-16(13-31)18-12-20(29-19-11-17(6-7-27-19)23(24,25)26)30-21(28-18)32-9-10-34-22(2,3)14-32/h6-7,11-12,16H,4-5,8-10,13-14H2,1-3H3,(H,27,28,29,30). The topological polar surface area (TPSA) is 83.5 Å². The van der Waals surface area contributed by atoms with Crippen molar-refractivity contribution in [3.8, 4) is 0 Å². The van der Waals surface area contributed by atoms with Gasteiger partial charge in [0.05, 0.1) is 23.5 Å². The van der Waals surface area contributed by atoms with E-state index in [9.17, 15) is 18.0 Å². The lowest BCUT2D eigenvalue weighted by atomic mass is 9.94. The molecule has 0 radical (unpaired) electrons. The van der Waals surface area contributed by atoms with Crippen LogP contribution in [0.4, 0.5) is 30.8 Å². The molecule has 0 bridgehead atoms. The molecule has 184 valence electrons. The summed E-state index contributed by atoms with van der Waals surface area (Å²) in [5.74, 6) is 0.894. The summed E-state index contributed by atoms with van der Waals surface area (Å²) < 4.78 is 45.3. The van der Waals surface area contributed by atoms with Crippen LogP contribution in [0.3, 0.4) is 0 Å². The number of anilines is 3. The molecule has 4 heterocycles. The molecule has 1 amide bonds. The van der Waals surface area contributed by atoms with Crippen LogP contribution in [0.25, 0.3) is 0 Å². The summed E-state index contributed by atoms with van der Waals surface area (Å²) in [7, 11) is 0. The zero-order valence-electron chi connectivity index (χ0n) is 19.5. The molecule has 34 heavy (non-hydrogen) atoms. The number of aromatic nitrogens is 3. The van der Waals surface area contributed by atoms with Gasteiger partial charge in [0.15, 0.2) is 0 Å². The Labute approximate surface area is 196 Å². The minimum Gasteiger partial charge on any atom is -0.372 e. The average Bonchev–Trinajstić information content (AvgIpc) is 2.78. The summed E-state index contributed by atoms with van der Waals surface area (Å²) >= 11 is 0. The fraction of sp³-hybridized carbons (Fsp3) is 0.565. The maximum absolute atomic E-state index is 13.2. The Kier molecular flexibility index (Phi) is 6.66. The van der Waals surface area contributed by atoms with Gasteiger partial charge in [-0.3, -0.25) is 4.79 Å². The summed E-state index contributed by atoms with van der Waals surface area (Å²) in [5, 5.41) is 2.93. The zero-order valence-corrected chi connectivity index (χ0v) is 19.5. The summed E-state index contributed by atoms with van der Waals surface area (Å²) in [4.78, 5) is 29.2. The van der Waals surface area contributed by atoms with E-state index < -0.39 is 11.7 Å². The monoisotopic (exact) mass is 478 g/mol. The first-order valence-electron chi connectivity index (χ1n) is 11.3. The van der Waals surface area contributed by atoms with Crippen LogP contribution in [0.15, 0.2) is 24.4 Å². The van der Waals surface area contributed by atoms with E-state index in [0.717, 1.165) is 36.9 Å². The Hall–Kier alpha value is -2.95. The van der Waals surface area contributed by atoms with Crippen LogP contribution in [0, 0.1) is 0 Å². The van der Waals surface area contributed by atoms with E-state index in [1.54, 1.807) is 17.9 Å². The van der Waals surface area contributed by atoms with E-state index in [0.29, 0.717) is 44.6 Å². The molecule has 4 rings (SSSR count). The number of rotatable bonds is 4. The highest BCUT2D eigenvalue weighted by Gasteiger charge is 2.32. The second kappa shape index (κ2) is 9.36. The van der Waals surface area contributed by atoms with Crippen molar-refractivity contribution in [2.45, 2.75) is 51.3 Å². The number of halogens is 3. The van der Waals surface area contributed by atoms with E-state index >= 15 is 0 Å². The van der Waals surface area contributed by atoms with Crippen LogP contribution >= 0.6 is 0 Å². The maximum Gasteiger partial charge on any atom is 0.416 e. The van der Waals surface area contributed by atoms with Crippen molar-refractivity contribution in [1.29, 1.82) is 0 Å². The lowest BCUT2D eigenvalue weighted by molar-refractivity contribution is -0.137. The lowest BCUT2D eigenvalue weighted by Crippen LogP contribution is -2.49. The number of likely N-dealkylation sites (tertiary alicyclic amines) is 1. The molecule has 11 heteroatoms. The van der Waals surface area contributed by atoms with Crippen LogP contribution in [-0.4, -0.2) is 64.1 Å². The van der Waals surface area contributed by atoms with Crippen molar-refractivity contribution in [2.24, 2.45) is 0 Å². The number of piperidine rings is 1. The van der Waals surface area contributed by atoms with Crippen LogP contribution in [-0.2, 0) is 15.7 Å². The third kappa shape index (κ3) is 5.75. The molecule has 2 aliphatic rings. The quantitative estimate of drug-likeness (QED) is 0.712. The number of nitrogens with one attached hydrogen (secondary N) is 1. The first-order valence-corrected chi connectivity index (χ1v) is 11.3. The smallest absolute Gasteiger partial charge is 0.372 e. The Morgan fingerprint density at radius 1 is 1.21 bits per heavy atom. The van der Waals surface area contributed by atoms with Gasteiger partial charge in [-0.05, 0) is 38.8 Å². The van der Waals surface area contributed by atoms with Crippen LogP contribution in [0.1, 0.15) is 50.8 Å². The Morgan fingerprint density at radius 3 is 2.71 bits per heavy atom. The minimum absolute atomic E-state index is 0.00321. The second-order valence-corrected chi connectivity index (χ2v) is 9.36. The van der Waals surface area contributed by atoms with Gasteiger partial charge in [-0.2, -0.15) is 18.2 Å². The molecule has 0 saturated carbocycles. The number of hydrogen-bond acceptors (Lipinski definition) is 7. The molecule has 0 aromatic carbocycles. The van der Waals surface area contributed by atoms with E-state index in [-0.39, 0.29) is 23.2 Å². The maximum atomic E-state index is 13.2. The number of alkyl halides is 3. The van der Waals surface area contributed by atoms with E-state index in [2.05, 4.69) is 15.3 Å². The number of carbonyl (C=O) groups is 1. The summed E-state index contributed by atoms with van der Waals surface area (Å²) in [6.45, 7) is 8.46. The number of nitrogens with zero attached hydrogens (tertiary/aromatic N) is 5. The third-order valence-corrected chi connectivity index (χ3v) is 6.07. The van der Waals surface area contributed by atoms with Crippen molar-refractivity contribution >= 4 is 23.5 Å². The van der Waals surface area contributed by atoms with Gasteiger partial charge in [-0.1, -0.05) is 0 Å². The van der Waals surface area contributed by atoms with Crippen molar-refractivity contribution in [2.75, 3.05) is 43.0 Å². The van der Waals surface area contributed by atoms with Crippen LogP contribution < -0.4 is 10.2 Å². The molecule has 1 unspecified atom stereocenters. The fourth-order valence-corrected chi connectivity index (χ4v) is 4.37. The van der Waals surface area contributed by atoms with Gasteiger partial charge in [-0.15, -0.1) is 0 Å². The molecule has 1 atom stereocenters. The average molecular weight is 479 g/mol. The number of ether oxygens (including phenoxy) is 1. The summed E-state index contributed by atoms with van der Waals surface area (Å²) in [6, 6.07) is 3.62. The molecule has 1 N–H and O–H groups in total.